The van der Waals surface area contributed by atoms with Crippen LogP contribution in [0.5, 0.6) is 0 Å². The molecule has 1 aliphatic rings. The lowest BCUT2D eigenvalue weighted by Gasteiger charge is -2.24. The van der Waals surface area contributed by atoms with Crippen LogP contribution in [0.2, 0.25) is 0 Å². The number of amides is 3. The van der Waals surface area contributed by atoms with Crippen molar-refractivity contribution in [3.05, 3.63) is 0 Å². The summed E-state index contributed by atoms with van der Waals surface area (Å²) in [7, 11) is 0. The zero-order valence-electron chi connectivity index (χ0n) is 10.6. The normalized spacial score (nSPS) is 17.9. The van der Waals surface area contributed by atoms with Gasteiger partial charge in [-0.3, -0.25) is 4.79 Å². The van der Waals surface area contributed by atoms with E-state index in [4.69, 9.17) is 5.11 Å². The zero-order chi connectivity index (χ0) is 13.7. The molecule has 1 aliphatic heterocycles. The summed E-state index contributed by atoms with van der Waals surface area (Å²) in [5.74, 6) is -1.51. The second-order valence-electron chi connectivity index (χ2n) is 4.63. The largest absolute Gasteiger partial charge is 0.480 e. The van der Waals surface area contributed by atoms with E-state index in [1.165, 1.54) is 4.90 Å². The van der Waals surface area contributed by atoms with Crippen LogP contribution in [0.1, 0.15) is 20.3 Å². The van der Waals surface area contributed by atoms with E-state index in [2.05, 4.69) is 10.6 Å². The highest BCUT2D eigenvalue weighted by Gasteiger charge is 2.27. The molecule has 7 nitrogen and oxygen atoms in total. The van der Waals surface area contributed by atoms with Gasteiger partial charge in [0.05, 0.1) is 0 Å². The molecule has 0 aromatic heterocycles. The number of rotatable bonds is 3. The van der Waals surface area contributed by atoms with Crippen molar-refractivity contribution in [2.24, 2.45) is 5.92 Å². The van der Waals surface area contributed by atoms with Gasteiger partial charge in [0.1, 0.15) is 12.6 Å². The van der Waals surface area contributed by atoms with Crippen molar-refractivity contribution in [2.75, 3.05) is 19.6 Å². The highest BCUT2D eigenvalue weighted by atomic mass is 16.4. The fourth-order valence-corrected chi connectivity index (χ4v) is 1.72. The Labute approximate surface area is 106 Å². The summed E-state index contributed by atoms with van der Waals surface area (Å²) in [6.45, 7) is 4.38. The molecular weight excluding hydrogens is 238 g/mol. The first kappa shape index (κ1) is 14.3. The lowest BCUT2D eigenvalue weighted by Crippen LogP contribution is -2.51. The molecule has 0 radical (unpaired) electrons. The topological polar surface area (TPSA) is 98.7 Å². The molecule has 0 saturated carbocycles. The molecule has 18 heavy (non-hydrogen) atoms. The van der Waals surface area contributed by atoms with Gasteiger partial charge in [-0.15, -0.1) is 0 Å². The van der Waals surface area contributed by atoms with Crippen LogP contribution in [0.4, 0.5) is 4.79 Å². The number of nitrogens with one attached hydrogen (secondary N) is 2. The summed E-state index contributed by atoms with van der Waals surface area (Å²) in [5.41, 5.74) is 0. The Kier molecular flexibility index (Phi) is 4.94. The Balaban J connectivity index is 2.62. The number of carboxylic acids is 1. The monoisotopic (exact) mass is 257 g/mol. The first-order valence-corrected chi connectivity index (χ1v) is 5.96. The van der Waals surface area contributed by atoms with Crippen molar-refractivity contribution in [3.8, 4) is 0 Å². The van der Waals surface area contributed by atoms with Gasteiger partial charge in [0.25, 0.3) is 0 Å². The summed E-state index contributed by atoms with van der Waals surface area (Å²) < 4.78 is 0. The smallest absolute Gasteiger partial charge is 0.326 e. The second kappa shape index (κ2) is 6.23. The minimum Gasteiger partial charge on any atom is -0.480 e. The van der Waals surface area contributed by atoms with Crippen molar-refractivity contribution in [2.45, 2.75) is 26.3 Å². The number of urea groups is 1. The number of aliphatic carboxylic acids is 1. The summed E-state index contributed by atoms with van der Waals surface area (Å²) >= 11 is 0. The molecule has 0 aromatic rings. The van der Waals surface area contributed by atoms with Gasteiger partial charge in [-0.25, -0.2) is 9.59 Å². The molecule has 102 valence electrons. The van der Waals surface area contributed by atoms with Gasteiger partial charge in [0.15, 0.2) is 0 Å². The van der Waals surface area contributed by atoms with Crippen LogP contribution in [0, 0.1) is 5.92 Å². The molecule has 0 spiro atoms. The van der Waals surface area contributed by atoms with Crippen molar-refractivity contribution in [1.82, 2.24) is 15.5 Å². The lowest BCUT2D eigenvalue weighted by atomic mass is 10.1. The molecule has 1 rings (SSSR count). The fourth-order valence-electron chi connectivity index (χ4n) is 1.72. The molecule has 0 bridgehead atoms. The Morgan fingerprint density at radius 2 is 2.11 bits per heavy atom. The minimum absolute atomic E-state index is 0.0315. The molecule has 0 aliphatic carbocycles. The SMILES string of the molecule is CC(C)[C@H](NC(=O)N1CCCNC(=O)C1)C(=O)O. The number of carbonyl (C=O) groups excluding carboxylic acids is 2. The Bertz CT molecular complexity index is 343. The third kappa shape index (κ3) is 3.90. The van der Waals surface area contributed by atoms with Crippen molar-refractivity contribution in [1.29, 1.82) is 0 Å². The van der Waals surface area contributed by atoms with Gasteiger partial charge >= 0.3 is 12.0 Å². The highest BCUT2D eigenvalue weighted by Crippen LogP contribution is 2.04. The summed E-state index contributed by atoms with van der Waals surface area (Å²) in [4.78, 5) is 35.5. The molecule has 7 heteroatoms. The summed E-state index contributed by atoms with van der Waals surface area (Å²) in [5, 5.41) is 14.1. The van der Waals surface area contributed by atoms with E-state index in [0.717, 1.165) is 0 Å². The van der Waals surface area contributed by atoms with Crippen LogP contribution < -0.4 is 10.6 Å². The van der Waals surface area contributed by atoms with Crippen LogP contribution in [0.25, 0.3) is 0 Å². The minimum atomic E-state index is -1.07. The van der Waals surface area contributed by atoms with Crippen LogP contribution in [-0.4, -0.2) is 53.6 Å². The van der Waals surface area contributed by atoms with E-state index in [-0.39, 0.29) is 18.4 Å². The average Bonchev–Trinajstić information content (AvgIpc) is 2.49. The number of nitrogens with zero attached hydrogens (tertiary/aromatic N) is 1. The molecule has 1 atom stereocenters. The van der Waals surface area contributed by atoms with Crippen LogP contribution in [0.3, 0.4) is 0 Å². The van der Waals surface area contributed by atoms with Gasteiger partial charge < -0.3 is 20.6 Å². The molecule has 0 unspecified atom stereocenters. The van der Waals surface area contributed by atoms with Crippen LogP contribution in [-0.2, 0) is 9.59 Å². The molecular formula is C11H19N3O4. The van der Waals surface area contributed by atoms with Gasteiger partial charge in [-0.2, -0.15) is 0 Å². The van der Waals surface area contributed by atoms with Crippen molar-refractivity contribution < 1.29 is 19.5 Å². The molecule has 0 aromatic carbocycles. The lowest BCUT2D eigenvalue weighted by molar-refractivity contribution is -0.140. The second-order valence-corrected chi connectivity index (χ2v) is 4.63. The predicted octanol–water partition coefficient (Wildman–Crippen LogP) is -0.373. The molecule has 1 fully saturated rings. The molecule has 3 amide bonds. The van der Waals surface area contributed by atoms with E-state index >= 15 is 0 Å². The first-order chi connectivity index (χ1) is 8.41. The zero-order valence-corrected chi connectivity index (χ0v) is 10.6. The third-order valence-electron chi connectivity index (χ3n) is 2.76. The number of carboxylic acid groups (broad SMARTS) is 1. The maximum absolute atomic E-state index is 11.9. The third-order valence-corrected chi connectivity index (χ3v) is 2.76. The molecule has 3 N–H and O–H groups in total. The predicted molar refractivity (Wildman–Crippen MR) is 64.0 cm³/mol. The first-order valence-electron chi connectivity index (χ1n) is 5.96. The van der Waals surface area contributed by atoms with Gasteiger partial charge in [-0.1, -0.05) is 13.8 Å². The standard InChI is InChI=1S/C11H19N3O4/c1-7(2)9(10(16)17)13-11(18)14-5-3-4-12-8(15)6-14/h7,9H,3-6H2,1-2H3,(H,12,15)(H,13,18)(H,16,17)/t9-/m0/s1. The number of carbonyl (C=O) groups is 3. The van der Waals surface area contributed by atoms with Gasteiger partial charge in [-0.05, 0) is 12.3 Å². The van der Waals surface area contributed by atoms with E-state index in [9.17, 15) is 14.4 Å². The summed E-state index contributed by atoms with van der Waals surface area (Å²) in [6.07, 6.45) is 0.665. The van der Waals surface area contributed by atoms with E-state index in [1.54, 1.807) is 13.8 Å². The fraction of sp³-hybridized carbons (Fsp3) is 0.727. The van der Waals surface area contributed by atoms with Crippen LogP contribution >= 0.6 is 0 Å². The van der Waals surface area contributed by atoms with E-state index < -0.39 is 18.0 Å². The van der Waals surface area contributed by atoms with E-state index in [0.29, 0.717) is 19.5 Å². The highest BCUT2D eigenvalue weighted by molar-refractivity contribution is 5.87. The van der Waals surface area contributed by atoms with Crippen molar-refractivity contribution >= 4 is 17.9 Å². The van der Waals surface area contributed by atoms with Gasteiger partial charge in [0.2, 0.25) is 5.91 Å². The number of hydrogen-bond donors (Lipinski definition) is 3. The quantitative estimate of drug-likeness (QED) is 0.642. The molecule has 1 heterocycles. The number of hydrogen-bond acceptors (Lipinski definition) is 3. The van der Waals surface area contributed by atoms with Crippen LogP contribution in [0.15, 0.2) is 0 Å². The Morgan fingerprint density at radius 3 is 2.67 bits per heavy atom. The Hall–Kier alpha value is -1.79. The summed E-state index contributed by atoms with van der Waals surface area (Å²) in [6, 6.07) is -1.45. The maximum Gasteiger partial charge on any atom is 0.326 e. The van der Waals surface area contributed by atoms with Gasteiger partial charge in [0, 0.05) is 13.1 Å². The maximum atomic E-state index is 11.9. The molecule has 1 saturated heterocycles. The van der Waals surface area contributed by atoms with E-state index in [1.807, 2.05) is 0 Å². The van der Waals surface area contributed by atoms with Crippen molar-refractivity contribution in [3.63, 3.8) is 0 Å². The Morgan fingerprint density at radius 1 is 1.44 bits per heavy atom. The average molecular weight is 257 g/mol.